The lowest BCUT2D eigenvalue weighted by Gasteiger charge is -2.16. The van der Waals surface area contributed by atoms with Crippen LogP contribution in [0.15, 0.2) is 11.6 Å². The van der Waals surface area contributed by atoms with Crippen molar-refractivity contribution in [2.24, 2.45) is 0 Å². The molecule has 0 amide bonds. The maximum Gasteiger partial charge on any atom is 0.102 e. The van der Waals surface area contributed by atoms with Gasteiger partial charge in [-0.15, -0.1) is 0 Å². The molecule has 2 unspecified atom stereocenters. The van der Waals surface area contributed by atoms with Gasteiger partial charge in [0.1, 0.15) is 6.10 Å². The Hall–Kier alpha value is -0.340. The molecule has 0 radical (unpaired) electrons. The highest BCUT2D eigenvalue weighted by atomic mass is 16.6. The topological polar surface area (TPSA) is 32.8 Å². The molecule has 2 nitrogen and oxygen atoms in total. The van der Waals surface area contributed by atoms with Crippen molar-refractivity contribution in [3.8, 4) is 0 Å². The Kier molecular flexibility index (Phi) is 1.51. The number of ether oxygens (including phenoxy) is 1. The van der Waals surface area contributed by atoms with Crippen molar-refractivity contribution >= 4 is 0 Å². The van der Waals surface area contributed by atoms with Gasteiger partial charge in [-0.2, -0.15) is 0 Å². The minimum atomic E-state index is -0.107. The van der Waals surface area contributed by atoms with Crippen molar-refractivity contribution in [1.82, 2.24) is 0 Å². The van der Waals surface area contributed by atoms with Crippen molar-refractivity contribution in [3.63, 3.8) is 0 Å². The van der Waals surface area contributed by atoms with E-state index in [9.17, 15) is 5.11 Å². The van der Waals surface area contributed by atoms with Gasteiger partial charge in [0.2, 0.25) is 0 Å². The van der Waals surface area contributed by atoms with E-state index in [0.29, 0.717) is 6.10 Å². The smallest absolute Gasteiger partial charge is 0.102 e. The molecule has 1 N–H and O–H groups in total. The first kappa shape index (κ1) is 6.38. The van der Waals surface area contributed by atoms with Crippen LogP contribution in [0.4, 0.5) is 0 Å². The summed E-state index contributed by atoms with van der Waals surface area (Å²) in [6.07, 6.45) is 5.26. The standard InChI is InChI=1S/C8H12O2/c9-7-3-1-2-6(4-7)8-5-10-8/h2,7-9H,1,3-5H2. The number of hydrogen-bond acceptors (Lipinski definition) is 2. The van der Waals surface area contributed by atoms with Gasteiger partial charge < -0.3 is 9.84 Å². The molecule has 1 aliphatic heterocycles. The predicted molar refractivity (Wildman–Crippen MR) is 37.7 cm³/mol. The van der Waals surface area contributed by atoms with Crippen LogP contribution in [0.1, 0.15) is 19.3 Å². The van der Waals surface area contributed by atoms with Gasteiger partial charge in [-0.25, -0.2) is 0 Å². The largest absolute Gasteiger partial charge is 0.393 e. The molecular formula is C8H12O2. The molecule has 0 saturated carbocycles. The quantitative estimate of drug-likeness (QED) is 0.432. The van der Waals surface area contributed by atoms with E-state index in [1.54, 1.807) is 0 Å². The molecule has 0 spiro atoms. The number of rotatable bonds is 1. The van der Waals surface area contributed by atoms with E-state index >= 15 is 0 Å². The Balaban J connectivity index is 1.99. The van der Waals surface area contributed by atoms with Gasteiger partial charge in [0.05, 0.1) is 12.7 Å². The summed E-state index contributed by atoms with van der Waals surface area (Å²) in [6.45, 7) is 0.874. The average molecular weight is 140 g/mol. The van der Waals surface area contributed by atoms with E-state index in [1.807, 2.05) is 0 Å². The number of aliphatic hydroxyl groups is 1. The molecule has 1 heterocycles. The monoisotopic (exact) mass is 140 g/mol. The van der Waals surface area contributed by atoms with Crippen LogP contribution in [-0.4, -0.2) is 23.9 Å². The SMILES string of the molecule is OC1CCC=C(C2CO2)C1. The molecular weight excluding hydrogens is 128 g/mol. The van der Waals surface area contributed by atoms with Gasteiger partial charge in [-0.3, -0.25) is 0 Å². The Morgan fingerprint density at radius 1 is 1.60 bits per heavy atom. The number of hydrogen-bond donors (Lipinski definition) is 1. The molecule has 0 bridgehead atoms. The van der Waals surface area contributed by atoms with Crippen molar-refractivity contribution < 1.29 is 9.84 Å². The van der Waals surface area contributed by atoms with Crippen LogP contribution >= 0.6 is 0 Å². The summed E-state index contributed by atoms with van der Waals surface area (Å²) >= 11 is 0. The molecule has 1 saturated heterocycles. The second-order valence-electron chi connectivity index (χ2n) is 3.04. The number of epoxide rings is 1. The lowest BCUT2D eigenvalue weighted by atomic mass is 9.95. The molecule has 2 atom stereocenters. The second-order valence-corrected chi connectivity index (χ2v) is 3.04. The zero-order valence-electron chi connectivity index (χ0n) is 5.92. The van der Waals surface area contributed by atoms with Gasteiger partial charge in [-0.1, -0.05) is 6.08 Å². The molecule has 56 valence electrons. The van der Waals surface area contributed by atoms with Gasteiger partial charge >= 0.3 is 0 Å². The molecule has 2 rings (SSSR count). The lowest BCUT2D eigenvalue weighted by molar-refractivity contribution is 0.157. The Morgan fingerprint density at radius 3 is 3.00 bits per heavy atom. The third kappa shape index (κ3) is 1.22. The molecule has 10 heavy (non-hydrogen) atoms. The fraction of sp³-hybridized carbons (Fsp3) is 0.750. The summed E-state index contributed by atoms with van der Waals surface area (Å²) in [5.41, 5.74) is 1.32. The van der Waals surface area contributed by atoms with E-state index < -0.39 is 0 Å². The summed E-state index contributed by atoms with van der Waals surface area (Å²) in [5, 5.41) is 9.26. The molecule has 1 fully saturated rings. The van der Waals surface area contributed by atoms with Gasteiger partial charge in [-0.05, 0) is 24.8 Å². The Morgan fingerprint density at radius 2 is 2.40 bits per heavy atom. The van der Waals surface area contributed by atoms with Gasteiger partial charge in [0.15, 0.2) is 0 Å². The van der Waals surface area contributed by atoms with E-state index in [-0.39, 0.29) is 6.10 Å². The van der Waals surface area contributed by atoms with E-state index in [2.05, 4.69) is 6.08 Å². The van der Waals surface area contributed by atoms with Gasteiger partial charge in [0, 0.05) is 0 Å². The zero-order chi connectivity index (χ0) is 6.97. The maximum atomic E-state index is 9.26. The number of allylic oxidation sites excluding steroid dienone is 1. The Labute approximate surface area is 60.5 Å². The van der Waals surface area contributed by atoms with Gasteiger partial charge in [0.25, 0.3) is 0 Å². The normalized spacial score (nSPS) is 39.1. The minimum absolute atomic E-state index is 0.107. The summed E-state index contributed by atoms with van der Waals surface area (Å²) in [7, 11) is 0. The third-order valence-corrected chi connectivity index (χ3v) is 2.12. The van der Waals surface area contributed by atoms with E-state index in [1.165, 1.54) is 5.57 Å². The van der Waals surface area contributed by atoms with Crippen molar-refractivity contribution in [2.45, 2.75) is 31.5 Å². The van der Waals surface area contributed by atoms with Crippen LogP contribution < -0.4 is 0 Å². The summed E-state index contributed by atoms with van der Waals surface area (Å²) in [6, 6.07) is 0. The van der Waals surface area contributed by atoms with Crippen LogP contribution in [0.3, 0.4) is 0 Å². The first-order chi connectivity index (χ1) is 4.86. The third-order valence-electron chi connectivity index (χ3n) is 2.12. The average Bonchev–Trinajstić information content (AvgIpc) is 2.68. The molecule has 1 aliphatic carbocycles. The first-order valence-corrected chi connectivity index (χ1v) is 3.85. The molecule has 0 aromatic carbocycles. The zero-order valence-corrected chi connectivity index (χ0v) is 5.92. The summed E-state index contributed by atoms with van der Waals surface area (Å²) in [4.78, 5) is 0. The highest BCUT2D eigenvalue weighted by Gasteiger charge is 2.29. The fourth-order valence-electron chi connectivity index (χ4n) is 1.44. The minimum Gasteiger partial charge on any atom is -0.393 e. The van der Waals surface area contributed by atoms with Crippen LogP contribution in [0.25, 0.3) is 0 Å². The van der Waals surface area contributed by atoms with Crippen LogP contribution in [0.5, 0.6) is 0 Å². The maximum absolute atomic E-state index is 9.26. The predicted octanol–water partition coefficient (Wildman–Crippen LogP) is 0.856. The second kappa shape index (κ2) is 2.36. The fourth-order valence-corrected chi connectivity index (χ4v) is 1.44. The lowest BCUT2D eigenvalue weighted by Crippen LogP contribution is -2.13. The summed E-state index contributed by atoms with van der Waals surface area (Å²) < 4.78 is 5.12. The number of aliphatic hydroxyl groups excluding tert-OH is 1. The molecule has 2 heteroatoms. The Bertz CT molecular complexity index is 159. The highest BCUT2D eigenvalue weighted by molar-refractivity contribution is 5.16. The van der Waals surface area contributed by atoms with Crippen molar-refractivity contribution in [3.05, 3.63) is 11.6 Å². The highest BCUT2D eigenvalue weighted by Crippen LogP contribution is 2.28. The van der Waals surface area contributed by atoms with Crippen molar-refractivity contribution in [2.75, 3.05) is 6.61 Å². The van der Waals surface area contributed by atoms with Crippen LogP contribution in [0, 0.1) is 0 Å². The van der Waals surface area contributed by atoms with E-state index in [0.717, 1.165) is 25.9 Å². The van der Waals surface area contributed by atoms with Crippen molar-refractivity contribution in [1.29, 1.82) is 0 Å². The summed E-state index contributed by atoms with van der Waals surface area (Å²) in [5.74, 6) is 0. The molecule has 2 aliphatic rings. The first-order valence-electron chi connectivity index (χ1n) is 3.85. The molecule has 0 aromatic rings. The van der Waals surface area contributed by atoms with Crippen LogP contribution in [0.2, 0.25) is 0 Å². The molecule has 0 aromatic heterocycles. The van der Waals surface area contributed by atoms with E-state index in [4.69, 9.17) is 4.74 Å². The van der Waals surface area contributed by atoms with Crippen LogP contribution in [-0.2, 0) is 4.74 Å².